The highest BCUT2D eigenvalue weighted by Gasteiger charge is 2.21. The van der Waals surface area contributed by atoms with E-state index in [0.29, 0.717) is 35.7 Å². The van der Waals surface area contributed by atoms with Gasteiger partial charge in [-0.3, -0.25) is 14.3 Å². The maximum absolute atomic E-state index is 13.0. The van der Waals surface area contributed by atoms with Gasteiger partial charge in [0.2, 0.25) is 5.91 Å². The van der Waals surface area contributed by atoms with Gasteiger partial charge in [0.25, 0.3) is 15.9 Å². The van der Waals surface area contributed by atoms with Crippen LogP contribution < -0.4 is 14.8 Å². The minimum Gasteiger partial charge on any atom is -0.497 e. The van der Waals surface area contributed by atoms with Crippen LogP contribution in [0.15, 0.2) is 71.6 Å². The molecule has 0 saturated carbocycles. The molecule has 1 saturated heterocycles. The third-order valence-corrected chi connectivity index (χ3v) is 7.34. The Morgan fingerprint density at radius 1 is 1.03 bits per heavy atom. The number of sulfonamides is 1. The number of methoxy groups -OCH3 is 1. The molecular weight excluding hydrogens is 466 g/mol. The largest absolute Gasteiger partial charge is 0.497 e. The highest BCUT2D eigenvalue weighted by atomic mass is 32.2. The standard InChI is InChI=1S/C26H27N3O5S/c1-18-8-9-20(16-24(18)35(32,33)28-21-10-12-23(34-2)13-11-21)26(31)27-22-6-3-5-19(15-22)17-29-14-4-7-25(29)30/h3,5-6,8-13,15-16,28H,4,7,14,17H2,1-2H3,(H,27,31). The van der Waals surface area contributed by atoms with Crippen LogP contribution in [0.25, 0.3) is 0 Å². The molecule has 3 aromatic rings. The van der Waals surface area contributed by atoms with Crippen LogP contribution in [-0.4, -0.2) is 38.8 Å². The Kier molecular flexibility index (Phi) is 7.07. The quantitative estimate of drug-likeness (QED) is 0.490. The van der Waals surface area contributed by atoms with Gasteiger partial charge in [0, 0.05) is 36.4 Å². The van der Waals surface area contributed by atoms with Crippen LogP contribution in [0.2, 0.25) is 0 Å². The Morgan fingerprint density at radius 2 is 1.80 bits per heavy atom. The molecule has 2 N–H and O–H groups in total. The molecule has 0 bridgehead atoms. The van der Waals surface area contributed by atoms with Gasteiger partial charge in [-0.15, -0.1) is 0 Å². The molecule has 0 spiro atoms. The predicted octanol–water partition coefficient (Wildman–Crippen LogP) is 4.18. The molecular formula is C26H27N3O5S. The van der Waals surface area contributed by atoms with Crippen LogP contribution in [-0.2, 0) is 21.4 Å². The van der Waals surface area contributed by atoms with Crippen molar-refractivity contribution >= 4 is 33.2 Å². The molecule has 1 aliphatic rings. The number of carbonyl (C=O) groups excluding carboxylic acids is 2. The van der Waals surface area contributed by atoms with Crippen molar-refractivity contribution in [2.45, 2.75) is 31.2 Å². The summed E-state index contributed by atoms with van der Waals surface area (Å²) in [5, 5.41) is 2.82. The van der Waals surface area contributed by atoms with Gasteiger partial charge < -0.3 is 15.0 Å². The maximum Gasteiger partial charge on any atom is 0.262 e. The number of aryl methyl sites for hydroxylation is 1. The second-order valence-electron chi connectivity index (χ2n) is 8.39. The molecule has 35 heavy (non-hydrogen) atoms. The van der Waals surface area contributed by atoms with Gasteiger partial charge in [0.05, 0.1) is 12.0 Å². The van der Waals surface area contributed by atoms with E-state index in [9.17, 15) is 18.0 Å². The summed E-state index contributed by atoms with van der Waals surface area (Å²) in [5.74, 6) is 0.315. The average molecular weight is 494 g/mol. The molecule has 0 unspecified atom stereocenters. The number of nitrogens with zero attached hydrogens (tertiary/aromatic N) is 1. The number of nitrogens with one attached hydrogen (secondary N) is 2. The van der Waals surface area contributed by atoms with Gasteiger partial charge >= 0.3 is 0 Å². The van der Waals surface area contributed by atoms with Gasteiger partial charge in [-0.2, -0.15) is 0 Å². The van der Waals surface area contributed by atoms with Crippen LogP contribution in [0.3, 0.4) is 0 Å². The number of ether oxygens (including phenoxy) is 1. The van der Waals surface area contributed by atoms with Crippen LogP contribution in [0.4, 0.5) is 11.4 Å². The normalized spacial score (nSPS) is 13.5. The van der Waals surface area contributed by atoms with Crippen molar-refractivity contribution < 1.29 is 22.7 Å². The van der Waals surface area contributed by atoms with Crippen molar-refractivity contribution in [2.75, 3.05) is 23.7 Å². The molecule has 8 nitrogen and oxygen atoms in total. The maximum atomic E-state index is 13.0. The van der Waals surface area contributed by atoms with Crippen molar-refractivity contribution in [3.63, 3.8) is 0 Å². The van der Waals surface area contributed by atoms with Crippen molar-refractivity contribution in [1.82, 2.24) is 4.90 Å². The van der Waals surface area contributed by atoms with Crippen molar-refractivity contribution in [3.05, 3.63) is 83.4 Å². The number of hydrogen-bond acceptors (Lipinski definition) is 5. The lowest BCUT2D eigenvalue weighted by molar-refractivity contribution is -0.128. The van der Waals surface area contributed by atoms with E-state index in [4.69, 9.17) is 4.74 Å². The van der Waals surface area contributed by atoms with Crippen molar-refractivity contribution in [1.29, 1.82) is 0 Å². The van der Waals surface area contributed by atoms with E-state index >= 15 is 0 Å². The summed E-state index contributed by atoms with van der Waals surface area (Å²) in [6, 6.07) is 18.4. The molecule has 9 heteroatoms. The number of carbonyl (C=O) groups is 2. The fraction of sp³-hybridized carbons (Fsp3) is 0.231. The Labute approximate surface area is 205 Å². The van der Waals surface area contributed by atoms with Crippen LogP contribution >= 0.6 is 0 Å². The lowest BCUT2D eigenvalue weighted by atomic mass is 10.1. The lowest BCUT2D eigenvalue weighted by Crippen LogP contribution is -2.23. The van der Waals surface area contributed by atoms with E-state index in [0.717, 1.165) is 18.5 Å². The molecule has 182 valence electrons. The van der Waals surface area contributed by atoms with Crippen LogP contribution in [0.5, 0.6) is 5.75 Å². The Balaban J connectivity index is 1.50. The summed E-state index contributed by atoms with van der Waals surface area (Å²) in [5.41, 5.74) is 2.59. The zero-order valence-corrected chi connectivity index (χ0v) is 20.4. The predicted molar refractivity (Wildman–Crippen MR) is 134 cm³/mol. The number of amides is 2. The van der Waals surface area contributed by atoms with Crippen LogP contribution in [0, 0.1) is 6.92 Å². The summed E-state index contributed by atoms with van der Waals surface area (Å²) in [7, 11) is -2.39. The van der Waals surface area contributed by atoms with E-state index in [1.54, 1.807) is 54.3 Å². The van der Waals surface area contributed by atoms with Gasteiger partial charge in [-0.25, -0.2) is 8.42 Å². The van der Waals surface area contributed by atoms with Crippen LogP contribution in [0.1, 0.15) is 34.3 Å². The summed E-state index contributed by atoms with van der Waals surface area (Å²) in [6.45, 7) is 2.90. The first-order valence-electron chi connectivity index (χ1n) is 11.2. The highest BCUT2D eigenvalue weighted by Crippen LogP contribution is 2.23. The number of hydrogen-bond donors (Lipinski definition) is 2. The van der Waals surface area contributed by atoms with E-state index in [1.807, 2.05) is 18.2 Å². The number of anilines is 2. The topological polar surface area (TPSA) is 105 Å². The second-order valence-corrected chi connectivity index (χ2v) is 10.0. The third kappa shape index (κ3) is 5.81. The molecule has 0 atom stereocenters. The zero-order chi connectivity index (χ0) is 25.0. The van der Waals surface area contributed by atoms with Gasteiger partial charge in [0.1, 0.15) is 5.75 Å². The summed E-state index contributed by atoms with van der Waals surface area (Å²) in [6.07, 6.45) is 1.43. The zero-order valence-electron chi connectivity index (χ0n) is 19.6. The first-order valence-corrected chi connectivity index (χ1v) is 12.7. The summed E-state index contributed by atoms with van der Waals surface area (Å²) in [4.78, 5) is 26.7. The molecule has 0 aliphatic carbocycles. The van der Waals surface area contributed by atoms with E-state index in [2.05, 4.69) is 10.0 Å². The first kappa shape index (κ1) is 24.3. The monoisotopic (exact) mass is 493 g/mol. The van der Waals surface area contributed by atoms with E-state index in [1.165, 1.54) is 13.2 Å². The number of rotatable bonds is 8. The molecule has 2 amide bonds. The minimum atomic E-state index is -3.93. The number of benzene rings is 3. The van der Waals surface area contributed by atoms with E-state index in [-0.39, 0.29) is 16.4 Å². The fourth-order valence-electron chi connectivity index (χ4n) is 3.94. The van der Waals surface area contributed by atoms with Gasteiger partial charge in [-0.05, 0) is 73.0 Å². The molecule has 1 fully saturated rings. The molecule has 4 rings (SSSR count). The smallest absolute Gasteiger partial charge is 0.262 e. The molecule has 1 heterocycles. The molecule has 0 radical (unpaired) electrons. The van der Waals surface area contributed by atoms with Crippen molar-refractivity contribution in [3.8, 4) is 5.75 Å². The third-order valence-electron chi connectivity index (χ3n) is 5.81. The number of likely N-dealkylation sites (tertiary alicyclic amines) is 1. The van der Waals surface area contributed by atoms with Gasteiger partial charge in [-0.1, -0.05) is 18.2 Å². The first-order chi connectivity index (χ1) is 16.7. The van der Waals surface area contributed by atoms with E-state index < -0.39 is 15.9 Å². The molecule has 3 aromatic carbocycles. The average Bonchev–Trinajstić information content (AvgIpc) is 3.23. The SMILES string of the molecule is COc1ccc(NS(=O)(=O)c2cc(C(=O)Nc3cccc(CN4CCCC4=O)c3)ccc2C)cc1. The highest BCUT2D eigenvalue weighted by molar-refractivity contribution is 7.92. The second kappa shape index (κ2) is 10.2. The lowest BCUT2D eigenvalue weighted by Gasteiger charge is -2.16. The molecule has 1 aliphatic heterocycles. The Hall–Kier alpha value is -3.85. The molecule has 0 aromatic heterocycles. The summed E-state index contributed by atoms with van der Waals surface area (Å²) >= 11 is 0. The fourth-order valence-corrected chi connectivity index (χ4v) is 5.27. The Bertz CT molecular complexity index is 1350. The minimum absolute atomic E-state index is 0.0160. The van der Waals surface area contributed by atoms with Gasteiger partial charge in [0.15, 0.2) is 0 Å². The van der Waals surface area contributed by atoms with Crippen molar-refractivity contribution in [2.24, 2.45) is 0 Å². The summed E-state index contributed by atoms with van der Waals surface area (Å²) < 4.78 is 33.7. The Morgan fingerprint density at radius 3 is 2.49 bits per heavy atom.